The highest BCUT2D eigenvalue weighted by Gasteiger charge is 2.39. The molecule has 162 valence electrons. The third-order valence-corrected chi connectivity index (χ3v) is 6.25. The first-order chi connectivity index (χ1) is 15.6. The van der Waals surface area contributed by atoms with E-state index in [0.717, 1.165) is 23.5 Å². The van der Waals surface area contributed by atoms with Crippen LogP contribution >= 0.6 is 0 Å². The second kappa shape index (κ2) is 8.78. The molecule has 0 fully saturated rings. The zero-order chi connectivity index (χ0) is 22.1. The summed E-state index contributed by atoms with van der Waals surface area (Å²) in [7, 11) is 0. The molecule has 0 amide bonds. The van der Waals surface area contributed by atoms with Crippen LogP contribution in [0, 0.1) is 6.92 Å². The van der Waals surface area contributed by atoms with Gasteiger partial charge in [0.2, 0.25) is 0 Å². The molecule has 3 nitrogen and oxygen atoms in total. The van der Waals surface area contributed by atoms with Gasteiger partial charge in [-0.3, -0.25) is 4.84 Å². The van der Waals surface area contributed by atoms with Crippen LogP contribution in [0.5, 0.6) is 0 Å². The number of benzene rings is 3. The van der Waals surface area contributed by atoms with Crippen molar-refractivity contribution in [3.8, 4) is 11.3 Å². The Morgan fingerprint density at radius 2 is 1.34 bits per heavy atom. The number of rotatable bonds is 4. The predicted octanol–water partition coefficient (Wildman–Crippen LogP) is 7.28. The summed E-state index contributed by atoms with van der Waals surface area (Å²) in [6, 6.07) is 31.7. The van der Waals surface area contributed by atoms with Gasteiger partial charge in [-0.05, 0) is 31.9 Å². The van der Waals surface area contributed by atoms with E-state index in [4.69, 9.17) is 9.25 Å². The van der Waals surface area contributed by atoms with Gasteiger partial charge in [0.05, 0.1) is 6.04 Å². The summed E-state index contributed by atoms with van der Waals surface area (Å²) in [5.41, 5.74) is 5.94. The largest absolute Gasteiger partial charge is 0.461 e. The summed E-state index contributed by atoms with van der Waals surface area (Å²) in [6.45, 7) is 6.47. The fourth-order valence-electron chi connectivity index (χ4n) is 4.72. The number of hydrogen-bond donors (Lipinski definition) is 0. The van der Waals surface area contributed by atoms with Gasteiger partial charge in [0, 0.05) is 29.2 Å². The van der Waals surface area contributed by atoms with E-state index >= 15 is 0 Å². The summed E-state index contributed by atoms with van der Waals surface area (Å²) in [5.74, 6) is 1.91. The van der Waals surface area contributed by atoms with Crippen LogP contribution < -0.4 is 0 Å². The van der Waals surface area contributed by atoms with Gasteiger partial charge >= 0.3 is 0 Å². The van der Waals surface area contributed by atoms with Gasteiger partial charge < -0.3 is 4.42 Å². The maximum atomic E-state index is 6.80. The van der Waals surface area contributed by atoms with Crippen molar-refractivity contribution in [1.29, 1.82) is 0 Å². The molecule has 1 aliphatic heterocycles. The highest BCUT2D eigenvalue weighted by molar-refractivity contribution is 5.66. The van der Waals surface area contributed by atoms with Gasteiger partial charge in [0.1, 0.15) is 17.6 Å². The molecule has 0 saturated heterocycles. The highest BCUT2D eigenvalue weighted by Crippen LogP contribution is 2.46. The third-order valence-electron chi connectivity index (χ3n) is 6.25. The smallest absolute Gasteiger partial charge is 0.139 e. The number of hydrogen-bond acceptors (Lipinski definition) is 3. The minimum absolute atomic E-state index is 0.0624. The van der Waals surface area contributed by atoms with Gasteiger partial charge in [-0.2, -0.15) is 5.06 Å². The van der Waals surface area contributed by atoms with Crippen LogP contribution in [-0.4, -0.2) is 11.1 Å². The topological polar surface area (TPSA) is 25.6 Å². The average molecular weight is 424 g/mol. The fourth-order valence-corrected chi connectivity index (χ4v) is 4.72. The second-order valence-electron chi connectivity index (χ2n) is 8.72. The number of furan rings is 1. The first-order valence-corrected chi connectivity index (χ1v) is 11.4. The maximum Gasteiger partial charge on any atom is 0.139 e. The van der Waals surface area contributed by atoms with Crippen LogP contribution in [0.2, 0.25) is 0 Å². The lowest BCUT2D eigenvalue weighted by molar-refractivity contribution is -0.232. The highest BCUT2D eigenvalue weighted by atomic mass is 16.7. The quantitative estimate of drug-likeness (QED) is 0.345. The maximum absolute atomic E-state index is 6.80. The summed E-state index contributed by atoms with van der Waals surface area (Å²) < 4.78 is 6.49. The monoisotopic (exact) mass is 423 g/mol. The molecule has 4 aromatic rings. The molecular formula is C29H29NO2. The van der Waals surface area contributed by atoms with E-state index in [1.165, 1.54) is 22.3 Å². The number of aryl methyl sites for hydroxylation is 1. The van der Waals surface area contributed by atoms with Crippen molar-refractivity contribution >= 4 is 0 Å². The van der Waals surface area contributed by atoms with Crippen LogP contribution in [0.25, 0.3) is 11.3 Å². The Morgan fingerprint density at radius 3 is 1.94 bits per heavy atom. The Hall–Kier alpha value is -3.14. The Balaban J connectivity index is 1.75. The standard InChI is InChI=1S/C29H29NO2/c1-20(2)30-28(23-15-9-5-10-16-23)27-25(19-26(32-30)22-13-7-4-8-14-22)21(3)31-29(27)24-17-11-6-12-18-24/h4-18,20,26,28H,19H2,1-3H3/t26-,28-/m1/s1. The number of fused-ring (bicyclic) bond motifs is 1. The Labute approximate surface area is 190 Å². The molecule has 2 heterocycles. The van der Waals surface area contributed by atoms with Crippen LogP contribution in [0.15, 0.2) is 95.4 Å². The van der Waals surface area contributed by atoms with E-state index in [1.807, 2.05) is 6.07 Å². The molecular weight excluding hydrogens is 394 g/mol. The summed E-state index contributed by atoms with van der Waals surface area (Å²) >= 11 is 0. The summed E-state index contributed by atoms with van der Waals surface area (Å²) in [6.07, 6.45) is 0.694. The molecule has 5 rings (SSSR count). The molecule has 0 unspecified atom stereocenters. The van der Waals surface area contributed by atoms with E-state index in [9.17, 15) is 0 Å². The Morgan fingerprint density at radius 1 is 0.781 bits per heavy atom. The average Bonchev–Trinajstić information content (AvgIpc) is 3.03. The van der Waals surface area contributed by atoms with E-state index in [-0.39, 0.29) is 18.2 Å². The van der Waals surface area contributed by atoms with Crippen molar-refractivity contribution in [1.82, 2.24) is 5.06 Å². The van der Waals surface area contributed by atoms with Gasteiger partial charge in [-0.1, -0.05) is 91.0 Å². The van der Waals surface area contributed by atoms with E-state index in [1.54, 1.807) is 0 Å². The van der Waals surface area contributed by atoms with Crippen molar-refractivity contribution in [3.05, 3.63) is 119 Å². The fraction of sp³-hybridized carbons (Fsp3) is 0.241. The predicted molar refractivity (Wildman–Crippen MR) is 128 cm³/mol. The molecule has 0 N–H and O–H groups in total. The van der Waals surface area contributed by atoms with Gasteiger partial charge in [0.25, 0.3) is 0 Å². The van der Waals surface area contributed by atoms with Crippen molar-refractivity contribution in [2.24, 2.45) is 0 Å². The molecule has 1 aliphatic rings. The zero-order valence-corrected chi connectivity index (χ0v) is 18.9. The zero-order valence-electron chi connectivity index (χ0n) is 18.9. The van der Waals surface area contributed by atoms with E-state index < -0.39 is 0 Å². The van der Waals surface area contributed by atoms with Crippen LogP contribution in [0.4, 0.5) is 0 Å². The molecule has 3 aromatic carbocycles. The molecule has 0 aliphatic carbocycles. The second-order valence-corrected chi connectivity index (χ2v) is 8.72. The lowest BCUT2D eigenvalue weighted by Gasteiger charge is -2.35. The first-order valence-electron chi connectivity index (χ1n) is 11.4. The Bertz CT molecular complexity index is 1170. The summed E-state index contributed by atoms with van der Waals surface area (Å²) in [4.78, 5) is 6.80. The van der Waals surface area contributed by atoms with Crippen molar-refractivity contribution < 1.29 is 9.25 Å². The van der Waals surface area contributed by atoms with Crippen molar-refractivity contribution in [2.45, 2.75) is 45.4 Å². The molecule has 0 spiro atoms. The molecule has 0 saturated carbocycles. The van der Waals surface area contributed by atoms with Crippen molar-refractivity contribution in [2.75, 3.05) is 0 Å². The minimum atomic E-state index is -0.0778. The normalized spacial score (nSPS) is 19.0. The lowest BCUT2D eigenvalue weighted by atomic mass is 9.89. The van der Waals surface area contributed by atoms with Crippen LogP contribution in [0.1, 0.15) is 54.0 Å². The molecule has 32 heavy (non-hydrogen) atoms. The minimum Gasteiger partial charge on any atom is -0.461 e. The first kappa shape index (κ1) is 20.7. The number of nitrogens with zero attached hydrogens (tertiary/aromatic N) is 1. The number of hydroxylamine groups is 2. The van der Waals surface area contributed by atoms with Crippen molar-refractivity contribution in [3.63, 3.8) is 0 Å². The Kier molecular flexibility index (Phi) is 5.69. The van der Waals surface area contributed by atoms with Crippen LogP contribution in [-0.2, 0) is 11.3 Å². The van der Waals surface area contributed by atoms with Gasteiger partial charge in [-0.15, -0.1) is 0 Å². The lowest BCUT2D eigenvalue weighted by Crippen LogP contribution is -2.36. The summed E-state index contributed by atoms with van der Waals surface area (Å²) in [5, 5.41) is 2.17. The third kappa shape index (κ3) is 3.79. The van der Waals surface area contributed by atoms with Crippen LogP contribution in [0.3, 0.4) is 0 Å². The van der Waals surface area contributed by atoms with E-state index in [2.05, 4.69) is 111 Å². The molecule has 0 bridgehead atoms. The molecule has 1 aromatic heterocycles. The molecule has 3 heteroatoms. The van der Waals surface area contributed by atoms with E-state index in [0.29, 0.717) is 0 Å². The molecule has 0 radical (unpaired) electrons. The van der Waals surface area contributed by atoms with Gasteiger partial charge in [0.15, 0.2) is 0 Å². The van der Waals surface area contributed by atoms with Gasteiger partial charge in [-0.25, -0.2) is 0 Å². The molecule has 2 atom stereocenters. The SMILES string of the molecule is Cc1oc(-c2ccccc2)c2c1C[C@H](c1ccccc1)ON(C(C)C)[C@@H]2c1ccccc1.